The lowest BCUT2D eigenvalue weighted by Crippen LogP contribution is -2.49. The average Bonchev–Trinajstić information content (AvgIpc) is 2.31. The number of ether oxygens (including phenoxy) is 1. The molecule has 14 heavy (non-hydrogen) atoms. The van der Waals surface area contributed by atoms with Gasteiger partial charge in [-0.15, -0.1) is 0 Å². The van der Waals surface area contributed by atoms with Crippen molar-refractivity contribution < 1.29 is 30.5 Å². The predicted molar refractivity (Wildman–Crippen MR) is 40.2 cm³/mol. The highest BCUT2D eigenvalue weighted by molar-refractivity contribution is 7.86. The smallest absolute Gasteiger partial charge is 0.378 e. The Kier molecular flexibility index (Phi) is 2.81. The summed E-state index contributed by atoms with van der Waals surface area (Å²) in [6.45, 7) is -0.932. The van der Waals surface area contributed by atoms with Gasteiger partial charge in [-0.3, -0.25) is 4.18 Å². The van der Waals surface area contributed by atoms with E-state index in [-0.39, 0.29) is 6.61 Å². The molecule has 1 atom stereocenters. The van der Waals surface area contributed by atoms with Gasteiger partial charge >= 0.3 is 6.18 Å². The Hall–Kier alpha value is -0.340. The summed E-state index contributed by atoms with van der Waals surface area (Å²) < 4.78 is 67.3. The van der Waals surface area contributed by atoms with Crippen LogP contribution in [-0.4, -0.2) is 39.7 Å². The molecule has 1 aliphatic heterocycles. The fraction of sp³-hybridized carbons (Fsp3) is 1.00. The molecule has 1 saturated heterocycles. The predicted octanol–water partition coefficient (Wildman–Crippen LogP) is 0.684. The average molecular weight is 234 g/mol. The second-order valence-corrected chi connectivity index (χ2v) is 4.66. The van der Waals surface area contributed by atoms with Crippen molar-refractivity contribution in [3.63, 3.8) is 0 Å². The molecule has 1 fully saturated rings. The van der Waals surface area contributed by atoms with Crippen molar-refractivity contribution >= 4 is 10.1 Å². The number of hydrogen-bond acceptors (Lipinski definition) is 4. The first-order valence-corrected chi connectivity index (χ1v) is 5.53. The molecule has 0 aromatic rings. The lowest BCUT2D eigenvalue weighted by molar-refractivity contribution is -0.245. The summed E-state index contributed by atoms with van der Waals surface area (Å²) in [4.78, 5) is 0. The SMILES string of the molecule is CS(=O)(=O)OC1(C(F)(F)F)CCOC1. The van der Waals surface area contributed by atoms with Crippen LogP contribution in [0.5, 0.6) is 0 Å². The molecular formula is C6H9F3O4S. The highest BCUT2D eigenvalue weighted by Gasteiger charge is 2.60. The van der Waals surface area contributed by atoms with Crippen LogP contribution >= 0.6 is 0 Å². The first kappa shape index (κ1) is 11.7. The zero-order valence-electron chi connectivity index (χ0n) is 7.30. The largest absolute Gasteiger partial charge is 0.421 e. The summed E-state index contributed by atoms with van der Waals surface area (Å²) in [5.41, 5.74) is -2.69. The maximum absolute atomic E-state index is 12.5. The zero-order chi connectivity index (χ0) is 11.0. The van der Waals surface area contributed by atoms with Gasteiger partial charge in [0, 0.05) is 13.0 Å². The highest BCUT2D eigenvalue weighted by Crippen LogP contribution is 2.40. The molecule has 1 heterocycles. The Labute approximate surface area is 79.1 Å². The van der Waals surface area contributed by atoms with Crippen LogP contribution in [0.15, 0.2) is 0 Å². The van der Waals surface area contributed by atoms with Crippen molar-refractivity contribution in [3.05, 3.63) is 0 Å². The summed E-state index contributed by atoms with van der Waals surface area (Å²) in [5, 5.41) is 0. The Morgan fingerprint density at radius 1 is 1.43 bits per heavy atom. The van der Waals surface area contributed by atoms with Gasteiger partial charge in [0.25, 0.3) is 10.1 Å². The van der Waals surface area contributed by atoms with E-state index in [2.05, 4.69) is 8.92 Å². The van der Waals surface area contributed by atoms with Crippen LogP contribution in [0.4, 0.5) is 13.2 Å². The van der Waals surface area contributed by atoms with E-state index in [0.717, 1.165) is 0 Å². The minimum atomic E-state index is -4.74. The first-order chi connectivity index (χ1) is 6.16. The first-order valence-electron chi connectivity index (χ1n) is 3.71. The number of hydrogen-bond donors (Lipinski definition) is 0. The van der Waals surface area contributed by atoms with Gasteiger partial charge in [0.05, 0.1) is 12.9 Å². The molecule has 0 aromatic carbocycles. The molecule has 0 spiro atoms. The van der Waals surface area contributed by atoms with E-state index in [4.69, 9.17) is 0 Å². The third-order valence-corrected chi connectivity index (χ3v) is 2.43. The quantitative estimate of drug-likeness (QED) is 0.659. The van der Waals surface area contributed by atoms with Gasteiger partial charge in [-0.2, -0.15) is 21.6 Å². The third-order valence-electron chi connectivity index (χ3n) is 1.81. The molecule has 8 heteroatoms. The Morgan fingerprint density at radius 3 is 2.29 bits per heavy atom. The molecule has 0 bridgehead atoms. The van der Waals surface area contributed by atoms with Crippen molar-refractivity contribution in [2.24, 2.45) is 0 Å². The van der Waals surface area contributed by atoms with E-state index in [1.807, 2.05) is 0 Å². The molecule has 84 valence electrons. The normalized spacial score (nSPS) is 29.4. The minimum absolute atomic E-state index is 0.158. The molecule has 1 aliphatic rings. The van der Waals surface area contributed by atoms with Crippen LogP contribution in [0.2, 0.25) is 0 Å². The van der Waals surface area contributed by atoms with Crippen LogP contribution in [-0.2, 0) is 19.0 Å². The maximum atomic E-state index is 12.5. The summed E-state index contributed by atoms with van der Waals surface area (Å²) in [5.74, 6) is 0. The molecular weight excluding hydrogens is 225 g/mol. The van der Waals surface area contributed by atoms with Gasteiger partial charge in [0.15, 0.2) is 0 Å². The Morgan fingerprint density at radius 2 is 2.00 bits per heavy atom. The van der Waals surface area contributed by atoms with Crippen LogP contribution in [0, 0.1) is 0 Å². The van der Waals surface area contributed by atoms with Gasteiger partial charge in [-0.25, -0.2) is 0 Å². The van der Waals surface area contributed by atoms with Crippen molar-refractivity contribution in [1.29, 1.82) is 0 Å². The van der Waals surface area contributed by atoms with Crippen LogP contribution < -0.4 is 0 Å². The van der Waals surface area contributed by atoms with E-state index in [0.29, 0.717) is 6.26 Å². The van der Waals surface area contributed by atoms with Gasteiger partial charge in [0.1, 0.15) is 0 Å². The minimum Gasteiger partial charge on any atom is -0.378 e. The Bertz CT molecular complexity index is 302. The van der Waals surface area contributed by atoms with Gasteiger partial charge < -0.3 is 4.74 Å². The summed E-state index contributed by atoms with van der Waals surface area (Å²) >= 11 is 0. The van der Waals surface area contributed by atoms with Crippen molar-refractivity contribution in [2.75, 3.05) is 19.5 Å². The molecule has 0 N–H and O–H groups in total. The topological polar surface area (TPSA) is 52.6 Å². The lowest BCUT2D eigenvalue weighted by Gasteiger charge is -2.28. The monoisotopic (exact) mass is 234 g/mol. The molecule has 0 aliphatic carbocycles. The lowest BCUT2D eigenvalue weighted by atomic mass is 10.0. The van der Waals surface area contributed by atoms with E-state index < -0.39 is 34.9 Å². The van der Waals surface area contributed by atoms with Crippen LogP contribution in [0.25, 0.3) is 0 Å². The number of halogens is 3. The third kappa shape index (κ3) is 2.37. The molecule has 0 aromatic heterocycles. The number of rotatable bonds is 2. The van der Waals surface area contributed by atoms with Gasteiger partial charge in [-0.1, -0.05) is 0 Å². The molecule has 4 nitrogen and oxygen atoms in total. The van der Waals surface area contributed by atoms with Gasteiger partial charge in [-0.05, 0) is 0 Å². The van der Waals surface area contributed by atoms with E-state index in [1.165, 1.54) is 0 Å². The van der Waals surface area contributed by atoms with E-state index in [1.54, 1.807) is 0 Å². The molecule has 0 saturated carbocycles. The standard InChI is InChI=1S/C6H9F3O4S/c1-14(10,11)13-5(6(7,8)9)2-3-12-4-5/h2-4H2,1H3. The fourth-order valence-corrected chi connectivity index (χ4v) is 1.98. The van der Waals surface area contributed by atoms with Crippen molar-refractivity contribution in [1.82, 2.24) is 0 Å². The molecule has 1 unspecified atom stereocenters. The number of alkyl halides is 3. The summed E-state index contributed by atoms with van der Waals surface area (Å²) in [6, 6.07) is 0. The Balaban J connectivity index is 2.95. The second-order valence-electron chi connectivity index (χ2n) is 3.08. The van der Waals surface area contributed by atoms with E-state index in [9.17, 15) is 21.6 Å². The summed E-state index contributed by atoms with van der Waals surface area (Å²) in [6.07, 6.45) is -4.66. The van der Waals surface area contributed by atoms with E-state index >= 15 is 0 Å². The zero-order valence-corrected chi connectivity index (χ0v) is 8.11. The van der Waals surface area contributed by atoms with Crippen molar-refractivity contribution in [3.8, 4) is 0 Å². The second kappa shape index (κ2) is 3.35. The van der Waals surface area contributed by atoms with Gasteiger partial charge in [0.2, 0.25) is 5.60 Å². The molecule has 0 amide bonds. The molecule has 1 rings (SSSR count). The van der Waals surface area contributed by atoms with Crippen LogP contribution in [0.1, 0.15) is 6.42 Å². The fourth-order valence-electron chi connectivity index (χ4n) is 1.17. The van der Waals surface area contributed by atoms with Crippen LogP contribution in [0.3, 0.4) is 0 Å². The molecule has 0 radical (unpaired) electrons. The highest BCUT2D eigenvalue weighted by atomic mass is 32.2. The van der Waals surface area contributed by atoms with Crippen molar-refractivity contribution in [2.45, 2.75) is 18.2 Å². The maximum Gasteiger partial charge on any atom is 0.421 e. The summed E-state index contributed by atoms with van der Waals surface area (Å²) in [7, 11) is -4.15.